The van der Waals surface area contributed by atoms with Crippen LogP contribution in [-0.4, -0.2) is 0 Å². The second kappa shape index (κ2) is 10.9. The lowest BCUT2D eigenvalue weighted by Gasteiger charge is -2.49. The average molecular weight is 600 g/mol. The van der Waals surface area contributed by atoms with E-state index in [1.807, 2.05) is 19.9 Å². The Kier molecular flexibility index (Phi) is 6.61. The third-order valence-electron chi connectivity index (χ3n) is 10.4. The zero-order valence-electron chi connectivity index (χ0n) is 26.8. The van der Waals surface area contributed by atoms with E-state index in [1.165, 1.54) is 50.1 Å². The minimum absolute atomic E-state index is 0.557. The second-order valence-corrected chi connectivity index (χ2v) is 12.7. The van der Waals surface area contributed by atoms with Crippen molar-refractivity contribution in [3.63, 3.8) is 0 Å². The van der Waals surface area contributed by atoms with Crippen LogP contribution >= 0.6 is 0 Å². The zero-order chi connectivity index (χ0) is 32.2. The fraction of sp³-hybridized carbons (Fsp3) is 0.109. The average Bonchev–Trinajstić information content (AvgIpc) is 3.44. The van der Waals surface area contributed by atoms with Gasteiger partial charge in [0.2, 0.25) is 0 Å². The first-order valence-electron chi connectivity index (χ1n) is 16.2. The lowest BCUT2D eigenvalue weighted by atomic mass is 9.51. The van der Waals surface area contributed by atoms with Crippen LogP contribution in [0.5, 0.6) is 0 Å². The molecule has 6 aromatic carbocycles. The molecule has 0 saturated heterocycles. The van der Waals surface area contributed by atoms with E-state index in [9.17, 15) is 5.26 Å². The molecular formula is C46H33N. The highest BCUT2D eigenvalue weighted by Gasteiger charge is 2.58. The molecule has 0 N–H and O–H groups in total. The number of rotatable bonds is 5. The van der Waals surface area contributed by atoms with Gasteiger partial charge in [0.15, 0.2) is 0 Å². The summed E-state index contributed by atoms with van der Waals surface area (Å²) in [5.74, 6) is 0. The van der Waals surface area contributed by atoms with Crippen molar-refractivity contribution >= 4 is 5.57 Å². The molecule has 0 aliphatic heterocycles. The molecule has 1 heteroatoms. The van der Waals surface area contributed by atoms with Gasteiger partial charge in [-0.25, -0.2) is 0 Å². The van der Waals surface area contributed by atoms with E-state index in [-0.39, 0.29) is 0 Å². The van der Waals surface area contributed by atoms with Crippen LogP contribution in [-0.2, 0) is 10.8 Å². The van der Waals surface area contributed by atoms with Crippen LogP contribution in [0.15, 0.2) is 157 Å². The zero-order valence-corrected chi connectivity index (χ0v) is 26.8. The molecule has 0 spiro atoms. The van der Waals surface area contributed by atoms with Crippen LogP contribution in [0.3, 0.4) is 0 Å². The standard InChI is InChI=1S/C46H33N/c1-31(33(3)30-47)29-32(2)36-21-10-12-24-39(36)45(34-17-6-4-7-18-34)41-26-14-15-27-42(41)46(35-19-8-5-9-20-35)40-25-13-11-22-37(40)38-23-16-28-43(45)44(38)46/h4-8,10-19,21-29H,1-3H3/b32-29+,33-31+. The van der Waals surface area contributed by atoms with E-state index >= 15 is 0 Å². The summed E-state index contributed by atoms with van der Waals surface area (Å²) < 4.78 is 0. The minimum Gasteiger partial charge on any atom is -0.193 e. The van der Waals surface area contributed by atoms with Gasteiger partial charge in [-0.2, -0.15) is 5.26 Å². The number of nitriles is 1. The molecule has 222 valence electrons. The van der Waals surface area contributed by atoms with E-state index < -0.39 is 10.8 Å². The monoisotopic (exact) mass is 599 g/mol. The maximum atomic E-state index is 9.66. The normalized spacial score (nSPS) is 19.4. The summed E-state index contributed by atoms with van der Waals surface area (Å²) in [5, 5.41) is 9.66. The second-order valence-electron chi connectivity index (χ2n) is 12.7. The SMILES string of the molecule is C/C(=C\C(C)=C(/C)C#N)c1ccccc1C1(c2ccccc2)c2ccccc2C2(c3c#cccc3)c3ccccc3-c3cccc1c32. The molecule has 47 heavy (non-hydrogen) atoms. The molecule has 2 atom stereocenters. The number of nitrogens with zero attached hydrogens (tertiary/aromatic N) is 1. The molecule has 0 fully saturated rings. The fourth-order valence-electron chi connectivity index (χ4n) is 8.43. The Labute approximate surface area is 277 Å². The van der Waals surface area contributed by atoms with Gasteiger partial charge in [0.05, 0.1) is 16.9 Å². The molecule has 0 bridgehead atoms. The van der Waals surface area contributed by atoms with Gasteiger partial charge in [0.25, 0.3) is 0 Å². The predicted molar refractivity (Wildman–Crippen MR) is 191 cm³/mol. The molecule has 0 radical (unpaired) electrons. The Hall–Kier alpha value is -5.89. The fourth-order valence-corrected chi connectivity index (χ4v) is 8.43. The molecular weight excluding hydrogens is 567 g/mol. The molecule has 2 aliphatic rings. The highest BCUT2D eigenvalue weighted by molar-refractivity contribution is 5.92. The van der Waals surface area contributed by atoms with Gasteiger partial charge in [0, 0.05) is 11.1 Å². The van der Waals surface area contributed by atoms with Gasteiger partial charge in [-0.15, -0.1) is 0 Å². The summed E-state index contributed by atoms with van der Waals surface area (Å²) in [7, 11) is 0. The van der Waals surface area contributed by atoms with Gasteiger partial charge < -0.3 is 0 Å². The molecule has 0 aromatic heterocycles. The van der Waals surface area contributed by atoms with Crippen LogP contribution in [0.25, 0.3) is 16.7 Å². The lowest BCUT2D eigenvalue weighted by molar-refractivity contribution is 0.626. The third kappa shape index (κ3) is 3.84. The van der Waals surface area contributed by atoms with Crippen molar-refractivity contribution in [3.8, 4) is 17.2 Å². The Balaban J connectivity index is 1.59. The number of fused-ring (bicyclic) bond motifs is 5. The maximum absolute atomic E-state index is 9.66. The van der Waals surface area contributed by atoms with Crippen molar-refractivity contribution in [1.82, 2.24) is 0 Å². The third-order valence-corrected chi connectivity index (χ3v) is 10.4. The van der Waals surface area contributed by atoms with Gasteiger partial charge in [-0.05, 0) is 99.7 Å². The highest BCUT2D eigenvalue weighted by atomic mass is 14.6. The molecule has 0 amide bonds. The summed E-state index contributed by atoms with van der Waals surface area (Å²) in [4.78, 5) is 0. The van der Waals surface area contributed by atoms with E-state index in [0.717, 1.165) is 27.8 Å². The summed E-state index contributed by atoms with van der Waals surface area (Å²) in [6, 6.07) is 60.2. The molecule has 0 saturated carbocycles. The van der Waals surface area contributed by atoms with Gasteiger partial charge in [-0.1, -0.05) is 146 Å². The van der Waals surface area contributed by atoms with Crippen LogP contribution in [0, 0.1) is 23.5 Å². The van der Waals surface area contributed by atoms with Crippen molar-refractivity contribution in [2.45, 2.75) is 31.6 Å². The molecule has 8 rings (SSSR count). The van der Waals surface area contributed by atoms with Crippen molar-refractivity contribution in [2.75, 3.05) is 0 Å². The van der Waals surface area contributed by atoms with Gasteiger partial charge in [0.1, 0.15) is 0 Å². The molecule has 2 aliphatic carbocycles. The first kappa shape index (κ1) is 28.6. The number of hydrogen-bond acceptors (Lipinski definition) is 1. The highest BCUT2D eigenvalue weighted by Crippen LogP contribution is 2.65. The van der Waals surface area contributed by atoms with E-state index in [1.54, 1.807) is 0 Å². The maximum Gasteiger partial charge on any atom is 0.0946 e. The predicted octanol–water partition coefficient (Wildman–Crippen LogP) is 10.6. The van der Waals surface area contributed by atoms with Crippen molar-refractivity contribution in [3.05, 3.63) is 219 Å². The van der Waals surface area contributed by atoms with E-state index in [0.29, 0.717) is 0 Å². The van der Waals surface area contributed by atoms with Crippen LogP contribution in [0.4, 0.5) is 0 Å². The first-order chi connectivity index (χ1) is 23.0. The Morgan fingerprint density at radius 2 is 1.21 bits per heavy atom. The minimum atomic E-state index is -0.638. The summed E-state index contributed by atoms with van der Waals surface area (Å²) in [6.07, 6.45) is 2.16. The largest absolute Gasteiger partial charge is 0.193 e. The smallest absolute Gasteiger partial charge is 0.0946 e. The van der Waals surface area contributed by atoms with E-state index in [2.05, 4.69) is 165 Å². The molecule has 6 aromatic rings. The Morgan fingerprint density at radius 3 is 1.94 bits per heavy atom. The Morgan fingerprint density at radius 1 is 0.596 bits per heavy atom. The van der Waals surface area contributed by atoms with Crippen molar-refractivity contribution in [2.24, 2.45) is 0 Å². The molecule has 2 unspecified atom stereocenters. The van der Waals surface area contributed by atoms with Crippen LogP contribution in [0.2, 0.25) is 0 Å². The van der Waals surface area contributed by atoms with E-state index in [4.69, 9.17) is 0 Å². The Bertz CT molecular complexity index is 2280. The summed E-state index contributed by atoms with van der Waals surface area (Å²) in [6.45, 7) is 6.08. The van der Waals surface area contributed by atoms with Crippen LogP contribution in [0.1, 0.15) is 70.8 Å². The van der Waals surface area contributed by atoms with Crippen LogP contribution < -0.4 is 0 Å². The topological polar surface area (TPSA) is 23.8 Å². The first-order valence-corrected chi connectivity index (χ1v) is 16.2. The molecule has 0 heterocycles. The quantitative estimate of drug-likeness (QED) is 0.143. The molecule has 1 nitrogen and oxygen atoms in total. The summed E-state index contributed by atoms with van der Waals surface area (Å²) >= 11 is 0. The lowest BCUT2D eigenvalue weighted by Crippen LogP contribution is -2.44. The number of benzene rings is 5. The van der Waals surface area contributed by atoms with Gasteiger partial charge in [-0.3, -0.25) is 0 Å². The van der Waals surface area contributed by atoms with Crippen molar-refractivity contribution in [1.29, 1.82) is 5.26 Å². The van der Waals surface area contributed by atoms with Gasteiger partial charge >= 0.3 is 0 Å². The number of hydrogen-bond donors (Lipinski definition) is 0. The number of allylic oxidation sites excluding steroid dienone is 4. The summed E-state index contributed by atoms with van der Waals surface area (Å²) in [5.41, 5.74) is 15.2. The van der Waals surface area contributed by atoms with Crippen molar-refractivity contribution < 1.29 is 0 Å².